The molecule has 158 valence electrons. The number of aliphatic imine (C=N–C) groups is 1. The van der Waals surface area contributed by atoms with E-state index in [1.54, 1.807) is 11.3 Å². The highest BCUT2D eigenvalue weighted by Crippen LogP contribution is 2.29. The molecule has 0 aliphatic rings. The molecule has 0 bridgehead atoms. The minimum atomic E-state index is -0.589. The number of aliphatic hydroxyl groups excluding tert-OH is 1. The van der Waals surface area contributed by atoms with Crippen LogP contribution >= 0.6 is 35.3 Å². The lowest BCUT2D eigenvalue weighted by Gasteiger charge is -2.14. The lowest BCUT2D eigenvalue weighted by Crippen LogP contribution is -2.39. The summed E-state index contributed by atoms with van der Waals surface area (Å²) in [6.45, 7) is 5.68. The maximum Gasteiger partial charge on any atom is 0.191 e. The molecule has 0 aliphatic heterocycles. The number of hydrogen-bond acceptors (Lipinski definition) is 4. The summed E-state index contributed by atoms with van der Waals surface area (Å²) in [6.07, 6.45) is 1.43. The van der Waals surface area contributed by atoms with Gasteiger partial charge in [0.25, 0.3) is 0 Å². The van der Waals surface area contributed by atoms with Crippen molar-refractivity contribution in [2.75, 3.05) is 13.1 Å². The first-order valence-corrected chi connectivity index (χ1v) is 10.6. The maximum atomic E-state index is 10.6. The van der Waals surface area contributed by atoms with Crippen LogP contribution in [-0.4, -0.2) is 33.5 Å². The number of rotatable bonds is 6. The van der Waals surface area contributed by atoms with Crippen molar-refractivity contribution in [1.29, 1.82) is 0 Å². The maximum absolute atomic E-state index is 10.6. The van der Waals surface area contributed by atoms with E-state index in [1.165, 1.54) is 4.70 Å². The number of imidazole rings is 1. The molecule has 0 saturated heterocycles. The Kier molecular flexibility index (Phi) is 7.68. The molecule has 1 aromatic carbocycles. The number of nitrogens with zero attached hydrogens (tertiary/aromatic N) is 3. The number of thiophene rings is 1. The van der Waals surface area contributed by atoms with Crippen LogP contribution in [0.3, 0.4) is 0 Å². The summed E-state index contributed by atoms with van der Waals surface area (Å²) in [4.78, 5) is 10.2. The smallest absolute Gasteiger partial charge is 0.191 e. The van der Waals surface area contributed by atoms with Crippen LogP contribution < -0.4 is 10.6 Å². The van der Waals surface area contributed by atoms with Crippen molar-refractivity contribution < 1.29 is 5.11 Å². The topological polar surface area (TPSA) is 74.0 Å². The number of hydrogen-bond donors (Lipinski definition) is 3. The zero-order valence-corrected chi connectivity index (χ0v) is 20.1. The summed E-state index contributed by atoms with van der Waals surface area (Å²) in [5, 5.41) is 18.2. The zero-order valence-electron chi connectivity index (χ0n) is 17.0. The molecule has 30 heavy (non-hydrogen) atoms. The molecule has 0 fully saturated rings. The molecule has 1 atom stereocenters. The molecular formula is C22H26IN5OS. The lowest BCUT2D eigenvalue weighted by molar-refractivity contribution is 0.184. The fourth-order valence-electron chi connectivity index (χ4n) is 3.24. The van der Waals surface area contributed by atoms with E-state index >= 15 is 0 Å². The molecule has 0 amide bonds. The normalized spacial score (nSPS) is 12.7. The predicted octanol–water partition coefficient (Wildman–Crippen LogP) is 4.26. The number of aryl methyl sites for hydroxylation is 1. The molecule has 6 nitrogen and oxygen atoms in total. The van der Waals surface area contributed by atoms with E-state index in [4.69, 9.17) is 0 Å². The van der Waals surface area contributed by atoms with Gasteiger partial charge in [-0.25, -0.2) is 9.98 Å². The molecule has 1 unspecified atom stereocenters. The van der Waals surface area contributed by atoms with E-state index in [0.717, 1.165) is 33.8 Å². The third-order valence-corrected chi connectivity index (χ3v) is 5.94. The summed E-state index contributed by atoms with van der Waals surface area (Å²) in [5.41, 5.74) is 2.97. The van der Waals surface area contributed by atoms with Gasteiger partial charge in [-0.05, 0) is 43.5 Å². The summed E-state index contributed by atoms with van der Waals surface area (Å²) >= 11 is 1.62. The molecular weight excluding hydrogens is 509 g/mol. The Morgan fingerprint density at radius 1 is 1.20 bits per heavy atom. The van der Waals surface area contributed by atoms with Crippen molar-refractivity contribution in [3.8, 4) is 0 Å². The second-order valence-electron chi connectivity index (χ2n) is 6.91. The van der Waals surface area contributed by atoms with Gasteiger partial charge in [-0.2, -0.15) is 0 Å². The zero-order chi connectivity index (χ0) is 20.2. The van der Waals surface area contributed by atoms with Crippen LogP contribution in [0.4, 0.5) is 0 Å². The highest BCUT2D eigenvalue weighted by molar-refractivity contribution is 14.0. The van der Waals surface area contributed by atoms with Crippen molar-refractivity contribution in [2.45, 2.75) is 26.5 Å². The fraction of sp³-hybridized carbons (Fsp3) is 0.273. The van der Waals surface area contributed by atoms with Gasteiger partial charge in [0.15, 0.2) is 5.96 Å². The van der Waals surface area contributed by atoms with Gasteiger partial charge in [-0.3, -0.25) is 0 Å². The lowest BCUT2D eigenvalue weighted by atomic mass is 10.2. The SMILES string of the molecule is CCNC(=NCc1cn2c(C)cccc2n1)NCC(O)c1cc2ccccc2s1.I. The Morgan fingerprint density at radius 2 is 2.03 bits per heavy atom. The summed E-state index contributed by atoms with van der Waals surface area (Å²) in [6, 6.07) is 16.3. The predicted molar refractivity (Wildman–Crippen MR) is 135 cm³/mol. The Balaban J connectivity index is 0.00000256. The molecule has 4 rings (SSSR count). The van der Waals surface area contributed by atoms with Gasteiger partial charge < -0.3 is 20.1 Å². The summed E-state index contributed by atoms with van der Waals surface area (Å²) < 4.78 is 3.25. The van der Waals surface area contributed by atoms with E-state index in [2.05, 4.69) is 56.2 Å². The highest BCUT2D eigenvalue weighted by atomic mass is 127. The first-order chi connectivity index (χ1) is 14.1. The molecule has 3 aromatic heterocycles. The Morgan fingerprint density at radius 3 is 2.80 bits per heavy atom. The van der Waals surface area contributed by atoms with E-state index in [-0.39, 0.29) is 24.0 Å². The molecule has 3 heterocycles. The number of halogens is 1. The molecule has 0 radical (unpaired) electrons. The average Bonchev–Trinajstić information content (AvgIpc) is 3.34. The van der Waals surface area contributed by atoms with Crippen LogP contribution in [0.2, 0.25) is 0 Å². The molecule has 0 aliphatic carbocycles. The minimum Gasteiger partial charge on any atom is -0.386 e. The number of pyridine rings is 1. The Bertz CT molecular complexity index is 1120. The van der Waals surface area contributed by atoms with E-state index in [9.17, 15) is 5.11 Å². The standard InChI is InChI=1S/C22H25N5OS.HI/c1-3-23-22(24-12-17-14-27-15(2)7-6-10-21(27)26-17)25-13-18(28)20-11-16-8-4-5-9-19(16)29-20;/h4-11,14,18,28H,3,12-13H2,1-2H3,(H2,23,24,25);1H. The van der Waals surface area contributed by atoms with E-state index in [0.29, 0.717) is 19.0 Å². The number of benzene rings is 1. The Labute approximate surface area is 197 Å². The number of aliphatic hydroxyl groups is 1. The minimum absolute atomic E-state index is 0. The third-order valence-electron chi connectivity index (χ3n) is 4.73. The largest absolute Gasteiger partial charge is 0.386 e. The number of aromatic nitrogens is 2. The third kappa shape index (κ3) is 5.11. The summed E-state index contributed by atoms with van der Waals surface area (Å²) in [5.74, 6) is 0.668. The fourth-order valence-corrected chi connectivity index (χ4v) is 4.29. The monoisotopic (exact) mass is 535 g/mol. The van der Waals surface area contributed by atoms with Gasteiger partial charge in [0.2, 0.25) is 0 Å². The van der Waals surface area contributed by atoms with Crippen LogP contribution in [0.1, 0.15) is 29.3 Å². The van der Waals surface area contributed by atoms with E-state index < -0.39 is 6.10 Å². The molecule has 8 heteroatoms. The second kappa shape index (κ2) is 10.2. The van der Waals surface area contributed by atoms with Crippen molar-refractivity contribution in [3.63, 3.8) is 0 Å². The number of fused-ring (bicyclic) bond motifs is 2. The van der Waals surface area contributed by atoms with Gasteiger partial charge in [-0.15, -0.1) is 35.3 Å². The van der Waals surface area contributed by atoms with Gasteiger partial charge in [0, 0.05) is 34.6 Å². The number of nitrogens with one attached hydrogen (secondary N) is 2. The summed E-state index contributed by atoms with van der Waals surface area (Å²) in [7, 11) is 0. The molecule has 3 N–H and O–H groups in total. The molecule has 0 spiro atoms. The highest BCUT2D eigenvalue weighted by Gasteiger charge is 2.12. The average molecular weight is 535 g/mol. The van der Waals surface area contributed by atoms with Crippen molar-refractivity contribution in [2.24, 2.45) is 4.99 Å². The molecule has 4 aromatic rings. The number of guanidine groups is 1. The van der Waals surface area contributed by atoms with Crippen LogP contribution in [0.15, 0.2) is 59.7 Å². The second-order valence-corrected chi connectivity index (χ2v) is 8.02. The first kappa shape index (κ1) is 22.5. The van der Waals surface area contributed by atoms with Gasteiger partial charge >= 0.3 is 0 Å². The van der Waals surface area contributed by atoms with Crippen molar-refractivity contribution in [1.82, 2.24) is 20.0 Å². The van der Waals surface area contributed by atoms with Crippen molar-refractivity contribution >= 4 is 57.0 Å². The van der Waals surface area contributed by atoms with Crippen LogP contribution in [0.25, 0.3) is 15.7 Å². The van der Waals surface area contributed by atoms with Gasteiger partial charge in [0.1, 0.15) is 11.8 Å². The first-order valence-electron chi connectivity index (χ1n) is 9.76. The van der Waals surface area contributed by atoms with Crippen LogP contribution in [0.5, 0.6) is 0 Å². The van der Waals surface area contributed by atoms with Crippen LogP contribution in [0, 0.1) is 6.92 Å². The quantitative estimate of drug-likeness (QED) is 0.196. The van der Waals surface area contributed by atoms with Gasteiger partial charge in [0.05, 0.1) is 12.2 Å². The van der Waals surface area contributed by atoms with Gasteiger partial charge in [-0.1, -0.05) is 24.3 Å². The Hall–Kier alpha value is -2.17. The molecule has 0 saturated carbocycles. The van der Waals surface area contributed by atoms with E-state index in [1.807, 2.05) is 37.4 Å². The van der Waals surface area contributed by atoms with Crippen LogP contribution in [-0.2, 0) is 6.54 Å². The van der Waals surface area contributed by atoms with Crippen molar-refractivity contribution in [3.05, 3.63) is 71.0 Å².